The Bertz CT molecular complexity index is 1030. The highest BCUT2D eigenvalue weighted by molar-refractivity contribution is 7.89. The van der Waals surface area contributed by atoms with Crippen LogP contribution in [0.25, 0.3) is 10.6 Å². The minimum Gasteiger partial charge on any atom is -0.241 e. The minimum atomic E-state index is -3.54. The summed E-state index contributed by atoms with van der Waals surface area (Å²) >= 11 is 1.50. The highest BCUT2D eigenvalue weighted by atomic mass is 32.2. The van der Waals surface area contributed by atoms with Crippen molar-refractivity contribution in [1.82, 2.24) is 9.71 Å². The van der Waals surface area contributed by atoms with Gasteiger partial charge in [-0.1, -0.05) is 25.1 Å². The average molecular weight is 405 g/mol. The lowest BCUT2D eigenvalue weighted by molar-refractivity contribution is 0.580. The fourth-order valence-electron chi connectivity index (χ4n) is 2.81. The first-order valence-electron chi connectivity index (χ1n) is 8.70. The zero-order chi connectivity index (χ0) is 19.4. The Hall–Kier alpha value is -2.09. The Morgan fingerprint density at radius 1 is 1.11 bits per heavy atom. The van der Waals surface area contributed by atoms with E-state index in [1.165, 1.54) is 23.5 Å². The number of sulfonamides is 1. The molecule has 0 saturated heterocycles. The van der Waals surface area contributed by atoms with Gasteiger partial charge in [-0.05, 0) is 55.7 Å². The third kappa shape index (κ3) is 4.61. The SMILES string of the molecule is CCc1ccccc1S(=O)(=O)NCCc1sc(-c2ccc(F)cc2)nc1C. The Kier molecular flexibility index (Phi) is 6.04. The molecule has 2 aromatic carbocycles. The first-order chi connectivity index (χ1) is 12.9. The van der Waals surface area contributed by atoms with E-state index in [9.17, 15) is 12.8 Å². The summed E-state index contributed by atoms with van der Waals surface area (Å²) in [4.78, 5) is 5.88. The number of benzene rings is 2. The first-order valence-corrected chi connectivity index (χ1v) is 11.0. The van der Waals surface area contributed by atoms with E-state index in [2.05, 4.69) is 9.71 Å². The van der Waals surface area contributed by atoms with E-state index in [0.29, 0.717) is 24.3 Å². The Morgan fingerprint density at radius 2 is 1.81 bits per heavy atom. The highest BCUT2D eigenvalue weighted by Crippen LogP contribution is 2.28. The van der Waals surface area contributed by atoms with Gasteiger partial charge in [0.1, 0.15) is 10.8 Å². The van der Waals surface area contributed by atoms with Crippen LogP contribution in [0.15, 0.2) is 53.4 Å². The van der Waals surface area contributed by atoms with Gasteiger partial charge in [0.15, 0.2) is 0 Å². The number of aromatic nitrogens is 1. The van der Waals surface area contributed by atoms with Gasteiger partial charge in [0, 0.05) is 17.0 Å². The number of nitrogens with zero attached hydrogens (tertiary/aromatic N) is 1. The number of aryl methyl sites for hydroxylation is 2. The van der Waals surface area contributed by atoms with Gasteiger partial charge in [-0.2, -0.15) is 0 Å². The number of rotatable bonds is 7. The van der Waals surface area contributed by atoms with Gasteiger partial charge in [-0.25, -0.2) is 22.5 Å². The predicted octanol–water partition coefficient (Wildman–Crippen LogP) is 4.34. The van der Waals surface area contributed by atoms with Crippen LogP contribution < -0.4 is 4.72 Å². The topological polar surface area (TPSA) is 59.1 Å². The molecule has 0 spiro atoms. The second kappa shape index (κ2) is 8.29. The molecule has 3 aromatic rings. The summed E-state index contributed by atoms with van der Waals surface area (Å²) in [7, 11) is -3.54. The van der Waals surface area contributed by atoms with E-state index >= 15 is 0 Å². The molecule has 0 fully saturated rings. The van der Waals surface area contributed by atoms with Crippen LogP contribution in [-0.2, 0) is 22.9 Å². The van der Waals surface area contributed by atoms with E-state index in [1.54, 1.807) is 24.3 Å². The van der Waals surface area contributed by atoms with Crippen LogP contribution in [0.2, 0.25) is 0 Å². The summed E-state index contributed by atoms with van der Waals surface area (Å²) in [5.41, 5.74) is 2.53. The molecule has 0 atom stereocenters. The van der Waals surface area contributed by atoms with E-state index in [4.69, 9.17) is 0 Å². The molecule has 3 rings (SSSR count). The van der Waals surface area contributed by atoms with Crippen molar-refractivity contribution >= 4 is 21.4 Å². The standard InChI is InChI=1S/C20H21FN2O2S2/c1-3-15-6-4-5-7-19(15)27(24,25)22-13-12-18-14(2)23-20(26-18)16-8-10-17(21)11-9-16/h4-11,22H,3,12-13H2,1-2H3. The molecule has 1 aromatic heterocycles. The summed E-state index contributed by atoms with van der Waals surface area (Å²) in [6, 6.07) is 13.2. The fraction of sp³-hybridized carbons (Fsp3) is 0.250. The van der Waals surface area contributed by atoms with Gasteiger partial charge in [0.2, 0.25) is 10.0 Å². The van der Waals surface area contributed by atoms with Crippen molar-refractivity contribution in [3.63, 3.8) is 0 Å². The molecule has 0 aliphatic heterocycles. The number of hydrogen-bond acceptors (Lipinski definition) is 4. The molecule has 27 heavy (non-hydrogen) atoms. The van der Waals surface area contributed by atoms with Gasteiger partial charge in [0.05, 0.1) is 10.6 Å². The van der Waals surface area contributed by atoms with Gasteiger partial charge < -0.3 is 0 Å². The summed E-state index contributed by atoms with van der Waals surface area (Å²) in [5, 5.41) is 0.807. The zero-order valence-corrected chi connectivity index (χ0v) is 16.8. The average Bonchev–Trinajstić information content (AvgIpc) is 3.03. The molecule has 0 bridgehead atoms. The minimum absolute atomic E-state index is 0.283. The predicted molar refractivity (Wildman–Crippen MR) is 107 cm³/mol. The molecule has 0 radical (unpaired) electrons. The van der Waals surface area contributed by atoms with Gasteiger partial charge in [-0.15, -0.1) is 11.3 Å². The second-order valence-electron chi connectivity index (χ2n) is 6.14. The van der Waals surface area contributed by atoms with Crippen molar-refractivity contribution in [3.05, 3.63) is 70.5 Å². The van der Waals surface area contributed by atoms with Crippen molar-refractivity contribution in [3.8, 4) is 10.6 Å². The summed E-state index contributed by atoms with van der Waals surface area (Å²) in [5.74, 6) is -0.283. The molecule has 7 heteroatoms. The molecule has 0 aliphatic carbocycles. The smallest absolute Gasteiger partial charge is 0.240 e. The van der Waals surface area contributed by atoms with Crippen LogP contribution in [0.5, 0.6) is 0 Å². The second-order valence-corrected chi connectivity index (χ2v) is 8.96. The number of hydrogen-bond donors (Lipinski definition) is 1. The zero-order valence-electron chi connectivity index (χ0n) is 15.2. The maximum absolute atomic E-state index is 13.1. The van der Waals surface area contributed by atoms with Gasteiger partial charge in [-0.3, -0.25) is 0 Å². The maximum atomic E-state index is 13.1. The third-order valence-corrected chi connectivity index (χ3v) is 7.10. The molecule has 0 saturated carbocycles. The summed E-state index contributed by atoms with van der Waals surface area (Å²) < 4.78 is 40.9. The number of nitrogens with one attached hydrogen (secondary N) is 1. The largest absolute Gasteiger partial charge is 0.241 e. The van der Waals surface area contributed by atoms with Crippen LogP contribution in [0.3, 0.4) is 0 Å². The third-order valence-electron chi connectivity index (χ3n) is 4.27. The Labute approximate surface area is 163 Å². The van der Waals surface area contributed by atoms with Crippen molar-refractivity contribution in [2.45, 2.75) is 31.6 Å². The van der Waals surface area contributed by atoms with E-state index in [0.717, 1.165) is 26.7 Å². The van der Waals surface area contributed by atoms with Crippen LogP contribution in [0, 0.1) is 12.7 Å². The monoisotopic (exact) mass is 404 g/mol. The molecule has 0 amide bonds. The molecular formula is C20H21FN2O2S2. The first kappa shape index (κ1) is 19.7. The lowest BCUT2D eigenvalue weighted by atomic mass is 10.2. The van der Waals surface area contributed by atoms with Crippen molar-refractivity contribution in [1.29, 1.82) is 0 Å². The Morgan fingerprint density at radius 3 is 2.52 bits per heavy atom. The highest BCUT2D eigenvalue weighted by Gasteiger charge is 2.17. The van der Waals surface area contributed by atoms with Crippen LogP contribution in [0.4, 0.5) is 4.39 Å². The molecule has 0 unspecified atom stereocenters. The van der Waals surface area contributed by atoms with Crippen LogP contribution in [0.1, 0.15) is 23.1 Å². The van der Waals surface area contributed by atoms with Crippen LogP contribution >= 0.6 is 11.3 Å². The summed E-state index contributed by atoms with van der Waals surface area (Å²) in [6.07, 6.45) is 1.21. The van der Waals surface area contributed by atoms with E-state index < -0.39 is 10.0 Å². The van der Waals surface area contributed by atoms with E-state index in [1.807, 2.05) is 26.0 Å². The molecular weight excluding hydrogens is 383 g/mol. The lowest BCUT2D eigenvalue weighted by Crippen LogP contribution is -2.26. The summed E-state index contributed by atoms with van der Waals surface area (Å²) in [6.45, 7) is 4.14. The normalized spacial score (nSPS) is 11.7. The van der Waals surface area contributed by atoms with E-state index in [-0.39, 0.29) is 5.82 Å². The van der Waals surface area contributed by atoms with Crippen molar-refractivity contribution in [2.24, 2.45) is 0 Å². The number of halogens is 1. The molecule has 142 valence electrons. The lowest BCUT2D eigenvalue weighted by Gasteiger charge is -2.10. The van der Waals surface area contributed by atoms with Crippen molar-refractivity contribution in [2.75, 3.05) is 6.54 Å². The quantitative estimate of drug-likeness (QED) is 0.637. The van der Waals surface area contributed by atoms with Crippen molar-refractivity contribution < 1.29 is 12.8 Å². The van der Waals surface area contributed by atoms with Crippen LogP contribution in [-0.4, -0.2) is 19.9 Å². The maximum Gasteiger partial charge on any atom is 0.240 e. The fourth-order valence-corrected chi connectivity index (χ4v) is 5.22. The Balaban J connectivity index is 1.69. The molecule has 0 aliphatic rings. The van der Waals surface area contributed by atoms with Gasteiger partial charge in [0.25, 0.3) is 0 Å². The number of thiazole rings is 1. The molecule has 1 heterocycles. The molecule has 1 N–H and O–H groups in total. The van der Waals surface area contributed by atoms with Gasteiger partial charge >= 0.3 is 0 Å². The molecule has 4 nitrogen and oxygen atoms in total.